The number of likely N-dealkylation sites (tertiary alicyclic amines) is 1. The fraction of sp³-hybridized carbons (Fsp3) is 0.435. The number of ether oxygens (including phenoxy) is 1. The fourth-order valence-electron chi connectivity index (χ4n) is 4.20. The topological polar surface area (TPSA) is 84.3 Å². The number of halogens is 1. The quantitative estimate of drug-likeness (QED) is 0.565. The Morgan fingerprint density at radius 1 is 1.16 bits per heavy atom. The molecule has 3 aromatic rings. The summed E-state index contributed by atoms with van der Waals surface area (Å²) in [4.78, 5) is 25.0. The number of anilines is 1. The second-order valence-corrected chi connectivity index (χ2v) is 8.39. The Kier molecular flexibility index (Phi) is 6.93. The third-order valence-corrected chi connectivity index (χ3v) is 6.48. The summed E-state index contributed by atoms with van der Waals surface area (Å²) in [6, 6.07) is 7.70. The van der Waals surface area contributed by atoms with Gasteiger partial charge in [-0.05, 0) is 57.2 Å². The van der Waals surface area contributed by atoms with E-state index in [-0.39, 0.29) is 5.56 Å². The number of nitrogens with one attached hydrogen (secondary N) is 2. The number of benzene rings is 1. The second-order valence-electron chi connectivity index (χ2n) is 7.99. The number of rotatable bonds is 7. The van der Waals surface area contributed by atoms with Crippen molar-refractivity contribution in [1.82, 2.24) is 24.8 Å². The van der Waals surface area contributed by atoms with Crippen LogP contribution < -0.4 is 20.9 Å². The molecule has 1 aromatic carbocycles. The third-order valence-electron chi connectivity index (χ3n) is 6.15. The monoisotopic (exact) mass is 456 g/mol. The maximum Gasteiger partial charge on any atom is 0.260 e. The van der Waals surface area contributed by atoms with Crippen molar-refractivity contribution >= 4 is 28.6 Å². The third kappa shape index (κ3) is 4.57. The van der Waals surface area contributed by atoms with E-state index in [0.29, 0.717) is 46.1 Å². The minimum Gasteiger partial charge on any atom is -0.497 e. The van der Waals surface area contributed by atoms with E-state index in [0.717, 1.165) is 37.9 Å². The highest BCUT2D eigenvalue weighted by Gasteiger charge is 2.20. The molecule has 0 spiro atoms. The van der Waals surface area contributed by atoms with Crippen molar-refractivity contribution in [3.05, 3.63) is 45.8 Å². The summed E-state index contributed by atoms with van der Waals surface area (Å²) in [5, 5.41) is 7.60. The number of hydrogen-bond acceptors (Lipinski definition) is 7. The van der Waals surface area contributed by atoms with Gasteiger partial charge < -0.3 is 20.3 Å². The zero-order valence-corrected chi connectivity index (χ0v) is 19.4. The highest BCUT2D eigenvalue weighted by molar-refractivity contribution is 6.33. The molecular weight excluding hydrogens is 428 g/mol. The van der Waals surface area contributed by atoms with E-state index >= 15 is 0 Å². The van der Waals surface area contributed by atoms with E-state index in [1.54, 1.807) is 43.1 Å². The Labute approximate surface area is 192 Å². The van der Waals surface area contributed by atoms with Crippen LogP contribution in [0.2, 0.25) is 5.02 Å². The molecule has 2 aromatic heterocycles. The molecule has 0 saturated carbocycles. The fourth-order valence-corrected chi connectivity index (χ4v) is 4.42. The molecule has 3 heterocycles. The molecule has 1 saturated heterocycles. The summed E-state index contributed by atoms with van der Waals surface area (Å²) in [7, 11) is 5.37. The van der Waals surface area contributed by atoms with Gasteiger partial charge in [0.05, 0.1) is 7.11 Å². The van der Waals surface area contributed by atoms with Gasteiger partial charge in [0.25, 0.3) is 5.56 Å². The van der Waals surface area contributed by atoms with Crippen LogP contribution in [0, 0.1) is 0 Å². The molecule has 2 N–H and O–H groups in total. The summed E-state index contributed by atoms with van der Waals surface area (Å²) in [6.45, 7) is 3.33. The van der Waals surface area contributed by atoms with Crippen LogP contribution in [0.25, 0.3) is 22.2 Å². The summed E-state index contributed by atoms with van der Waals surface area (Å²) in [5.74, 6) is 1.12. The van der Waals surface area contributed by atoms with E-state index in [9.17, 15) is 4.79 Å². The molecule has 4 rings (SSSR count). The zero-order chi connectivity index (χ0) is 22.7. The maximum absolute atomic E-state index is 13.7. The molecule has 8 nitrogen and oxygen atoms in total. The van der Waals surface area contributed by atoms with E-state index in [1.165, 1.54) is 0 Å². The van der Waals surface area contributed by atoms with Crippen LogP contribution in [-0.4, -0.2) is 66.3 Å². The number of pyridine rings is 1. The molecule has 1 aliphatic rings. The normalized spacial score (nSPS) is 15.2. The van der Waals surface area contributed by atoms with Crippen LogP contribution in [0.1, 0.15) is 12.8 Å². The molecular formula is C23H29ClN6O2. The molecule has 0 bridgehead atoms. The van der Waals surface area contributed by atoms with Crippen LogP contribution in [-0.2, 0) is 6.54 Å². The molecule has 9 heteroatoms. The minimum absolute atomic E-state index is 0.126. The van der Waals surface area contributed by atoms with Crippen LogP contribution in [0.15, 0.2) is 35.3 Å². The number of hydrogen-bond donors (Lipinski definition) is 2. The Morgan fingerprint density at radius 3 is 2.62 bits per heavy atom. The highest BCUT2D eigenvalue weighted by atomic mass is 35.5. The van der Waals surface area contributed by atoms with Crippen molar-refractivity contribution in [2.24, 2.45) is 0 Å². The smallest absolute Gasteiger partial charge is 0.260 e. The van der Waals surface area contributed by atoms with Crippen LogP contribution in [0.5, 0.6) is 5.75 Å². The molecule has 170 valence electrons. The van der Waals surface area contributed by atoms with Crippen molar-refractivity contribution < 1.29 is 4.74 Å². The molecule has 0 aliphatic carbocycles. The average molecular weight is 457 g/mol. The lowest BCUT2D eigenvalue weighted by Gasteiger charge is -2.31. The molecule has 0 unspecified atom stereocenters. The molecule has 32 heavy (non-hydrogen) atoms. The van der Waals surface area contributed by atoms with Crippen LogP contribution >= 0.6 is 11.6 Å². The molecule has 0 radical (unpaired) electrons. The molecule has 1 aliphatic heterocycles. The van der Waals surface area contributed by atoms with Gasteiger partial charge in [0.2, 0.25) is 5.95 Å². The van der Waals surface area contributed by atoms with Crippen molar-refractivity contribution in [3.63, 3.8) is 0 Å². The minimum atomic E-state index is -0.126. The lowest BCUT2D eigenvalue weighted by molar-refractivity contribution is 0.195. The lowest BCUT2D eigenvalue weighted by Crippen LogP contribution is -2.42. The first-order valence-corrected chi connectivity index (χ1v) is 11.2. The predicted octanol–water partition coefficient (Wildman–Crippen LogP) is 2.85. The molecule has 0 amide bonds. The summed E-state index contributed by atoms with van der Waals surface area (Å²) in [6.07, 6.45) is 3.95. The number of methoxy groups -OCH3 is 1. The van der Waals surface area contributed by atoms with Gasteiger partial charge in [0, 0.05) is 53.9 Å². The second kappa shape index (κ2) is 9.85. The van der Waals surface area contributed by atoms with Crippen molar-refractivity contribution in [2.45, 2.75) is 25.4 Å². The van der Waals surface area contributed by atoms with Crippen molar-refractivity contribution in [1.29, 1.82) is 0 Å². The average Bonchev–Trinajstić information content (AvgIpc) is 2.83. The SMILES string of the molecule is CNc1ncc2cc(-c3cc(OC)ccc3Cl)c(=O)n(CCN3CCC(NC)CC3)c2n1. The zero-order valence-electron chi connectivity index (χ0n) is 18.7. The highest BCUT2D eigenvalue weighted by Crippen LogP contribution is 2.31. The van der Waals surface area contributed by atoms with Crippen LogP contribution in [0.4, 0.5) is 5.95 Å². The molecule has 0 atom stereocenters. The van der Waals surface area contributed by atoms with E-state index in [1.807, 2.05) is 13.1 Å². The van der Waals surface area contributed by atoms with E-state index in [2.05, 4.69) is 25.5 Å². The van der Waals surface area contributed by atoms with Crippen molar-refractivity contribution in [2.75, 3.05) is 46.2 Å². The van der Waals surface area contributed by atoms with Crippen molar-refractivity contribution in [3.8, 4) is 16.9 Å². The van der Waals surface area contributed by atoms with Gasteiger partial charge in [-0.3, -0.25) is 9.36 Å². The number of aromatic nitrogens is 3. The van der Waals surface area contributed by atoms with Gasteiger partial charge in [0.15, 0.2) is 0 Å². The first-order valence-electron chi connectivity index (χ1n) is 10.9. The van der Waals surface area contributed by atoms with E-state index in [4.69, 9.17) is 16.3 Å². The summed E-state index contributed by atoms with van der Waals surface area (Å²) in [5.41, 5.74) is 1.64. The number of nitrogens with zero attached hydrogens (tertiary/aromatic N) is 4. The lowest BCUT2D eigenvalue weighted by atomic mass is 10.0. The van der Waals surface area contributed by atoms with Gasteiger partial charge in [-0.25, -0.2) is 4.98 Å². The van der Waals surface area contributed by atoms with Crippen LogP contribution in [0.3, 0.4) is 0 Å². The standard InChI is InChI=1S/C23H29ClN6O2/c1-25-16-6-8-29(9-7-16)10-11-30-21-15(14-27-23(26-2)28-21)12-19(22(30)31)18-13-17(32-3)4-5-20(18)24/h4-5,12-14,16,25H,6-11H2,1-3H3,(H,26,27,28). The Balaban J connectivity index is 1.75. The summed E-state index contributed by atoms with van der Waals surface area (Å²) < 4.78 is 7.09. The van der Waals surface area contributed by atoms with Gasteiger partial charge in [-0.2, -0.15) is 4.98 Å². The van der Waals surface area contributed by atoms with E-state index < -0.39 is 0 Å². The number of fused-ring (bicyclic) bond motifs is 1. The van der Waals surface area contributed by atoms with Gasteiger partial charge in [0.1, 0.15) is 11.4 Å². The molecule has 1 fully saturated rings. The Morgan fingerprint density at radius 2 is 1.94 bits per heavy atom. The Hall–Kier alpha value is -2.68. The predicted molar refractivity (Wildman–Crippen MR) is 129 cm³/mol. The summed E-state index contributed by atoms with van der Waals surface area (Å²) >= 11 is 6.48. The maximum atomic E-state index is 13.7. The first-order chi connectivity index (χ1) is 15.5. The first kappa shape index (κ1) is 22.5. The number of piperidine rings is 1. The van der Waals surface area contributed by atoms with Gasteiger partial charge in [-0.15, -0.1) is 0 Å². The van der Waals surface area contributed by atoms with Gasteiger partial charge in [-0.1, -0.05) is 11.6 Å². The largest absolute Gasteiger partial charge is 0.497 e. The van der Waals surface area contributed by atoms with Gasteiger partial charge >= 0.3 is 0 Å². The Bertz CT molecular complexity index is 1160.